The maximum absolute atomic E-state index is 12.0. The van der Waals surface area contributed by atoms with Gasteiger partial charge in [0.1, 0.15) is 11.5 Å². The molecule has 4 aromatic carbocycles. The third-order valence-electron chi connectivity index (χ3n) is 7.22. The summed E-state index contributed by atoms with van der Waals surface area (Å²) in [6.07, 6.45) is 0.682. The van der Waals surface area contributed by atoms with Crippen LogP contribution in [0.3, 0.4) is 0 Å². The Kier molecular flexibility index (Phi) is 8.74. The van der Waals surface area contributed by atoms with Gasteiger partial charge in [0.05, 0.1) is 11.1 Å². The number of phenols is 6. The van der Waals surface area contributed by atoms with Crippen molar-refractivity contribution in [1.29, 1.82) is 0 Å². The van der Waals surface area contributed by atoms with Gasteiger partial charge in [-0.25, -0.2) is 0 Å². The van der Waals surface area contributed by atoms with Crippen LogP contribution >= 0.6 is 0 Å². The number of phenolic OH excluding ortho intramolecular Hbond substituents is 6. The molecule has 0 spiro atoms. The van der Waals surface area contributed by atoms with Gasteiger partial charge in [-0.1, -0.05) is 39.8 Å². The van der Waals surface area contributed by atoms with Crippen molar-refractivity contribution in [2.45, 2.75) is 60.3 Å². The van der Waals surface area contributed by atoms with Gasteiger partial charge >= 0.3 is 0 Å². The highest BCUT2D eigenvalue weighted by molar-refractivity contribution is 6.14. The summed E-state index contributed by atoms with van der Waals surface area (Å²) >= 11 is 0. The number of benzene rings is 4. The lowest BCUT2D eigenvalue weighted by Crippen LogP contribution is -2.01. The number of rotatable bonds is 5. The number of aliphatic hydroxyl groups is 1. The second-order valence-electron chi connectivity index (χ2n) is 10.6. The highest BCUT2D eigenvalue weighted by Gasteiger charge is 2.29. The summed E-state index contributed by atoms with van der Waals surface area (Å²) in [5, 5.41) is 73.9. The molecule has 0 saturated carbocycles. The fraction of sp³-hybridized carbons (Fsp3) is 0.312. The van der Waals surface area contributed by atoms with Crippen molar-refractivity contribution in [2.75, 3.05) is 6.61 Å². The normalized spacial score (nSPS) is 11.3. The summed E-state index contributed by atoms with van der Waals surface area (Å²) in [5.74, 6) is -3.57. The predicted molar refractivity (Wildman–Crippen MR) is 158 cm³/mol. The fourth-order valence-electron chi connectivity index (χ4n) is 5.60. The van der Waals surface area contributed by atoms with E-state index in [0.29, 0.717) is 45.6 Å². The van der Waals surface area contributed by atoms with Crippen molar-refractivity contribution >= 4 is 34.1 Å². The average molecular weight is 565 g/mol. The number of carbonyl (C=O) groups excluding carboxylic acids is 2. The highest BCUT2D eigenvalue weighted by atomic mass is 16.3. The zero-order chi connectivity index (χ0) is 31.1. The van der Waals surface area contributed by atoms with Crippen LogP contribution in [0.4, 0.5) is 0 Å². The van der Waals surface area contributed by atoms with E-state index in [9.17, 15) is 40.2 Å². The lowest BCUT2D eigenvalue weighted by Gasteiger charge is -2.23. The Balaban J connectivity index is 0.00000147. The third-order valence-corrected chi connectivity index (χ3v) is 7.22. The zero-order valence-corrected chi connectivity index (χ0v) is 24.1. The molecule has 0 amide bonds. The van der Waals surface area contributed by atoms with Gasteiger partial charge in [0.25, 0.3) is 0 Å². The number of hydrogen-bond acceptors (Lipinski definition) is 9. The summed E-state index contributed by atoms with van der Waals surface area (Å²) in [7, 11) is 0. The molecule has 0 fully saturated rings. The monoisotopic (exact) mass is 564 g/mol. The van der Waals surface area contributed by atoms with Crippen molar-refractivity contribution in [3.63, 3.8) is 0 Å². The topological polar surface area (TPSA) is 176 Å². The smallest absolute Gasteiger partial charge is 0.169 e. The quantitative estimate of drug-likeness (QED) is 0.107. The number of aliphatic hydroxyl groups excluding tert-OH is 1. The Morgan fingerprint density at radius 1 is 0.610 bits per heavy atom. The maximum atomic E-state index is 12.0. The minimum absolute atomic E-state index is 0.00512. The molecule has 0 unspecified atom stereocenters. The van der Waals surface area contributed by atoms with Gasteiger partial charge in [-0.2, -0.15) is 0 Å². The van der Waals surface area contributed by atoms with Gasteiger partial charge in [0.15, 0.2) is 35.6 Å². The zero-order valence-electron chi connectivity index (χ0n) is 24.1. The Morgan fingerprint density at radius 3 is 1.15 bits per heavy atom. The molecule has 0 saturated heterocycles. The van der Waals surface area contributed by atoms with Gasteiger partial charge in [0, 0.05) is 39.6 Å². The third kappa shape index (κ3) is 4.76. The molecule has 7 N–H and O–H groups in total. The highest BCUT2D eigenvalue weighted by Crippen LogP contribution is 2.54. The SMILES string of the molecule is CCO.Cc1cc2c(C(C)C)c(O)c(O)c(C=O)c2c(O)c1-c1c(C)cc2c(C(C)C)c(O)c(O)c(C=O)c2c1O. The largest absolute Gasteiger partial charge is 0.507 e. The van der Waals surface area contributed by atoms with Gasteiger partial charge in [-0.3, -0.25) is 9.59 Å². The van der Waals surface area contributed by atoms with Crippen LogP contribution in [0.5, 0.6) is 34.5 Å². The van der Waals surface area contributed by atoms with E-state index in [0.717, 1.165) is 0 Å². The lowest BCUT2D eigenvalue weighted by atomic mass is 9.83. The molecule has 0 aliphatic carbocycles. The summed E-state index contributed by atoms with van der Waals surface area (Å²) < 4.78 is 0. The van der Waals surface area contributed by atoms with Gasteiger partial charge in [-0.15, -0.1) is 0 Å². The van der Waals surface area contributed by atoms with Crippen LogP contribution in [0.15, 0.2) is 12.1 Å². The van der Waals surface area contributed by atoms with E-state index in [4.69, 9.17) is 5.11 Å². The second-order valence-corrected chi connectivity index (χ2v) is 10.6. The number of aryl methyl sites for hydroxylation is 2. The number of hydrogen-bond donors (Lipinski definition) is 7. The van der Waals surface area contributed by atoms with Crippen LogP contribution < -0.4 is 0 Å². The van der Waals surface area contributed by atoms with Gasteiger partial charge in [-0.05, 0) is 54.5 Å². The molecule has 4 rings (SSSR count). The van der Waals surface area contributed by atoms with Crippen LogP contribution in [-0.4, -0.2) is 54.9 Å². The Morgan fingerprint density at radius 2 is 0.902 bits per heavy atom. The summed E-state index contributed by atoms with van der Waals surface area (Å²) in [6, 6.07) is 3.31. The molecule has 218 valence electrons. The summed E-state index contributed by atoms with van der Waals surface area (Å²) in [6.45, 7) is 12.5. The van der Waals surface area contributed by atoms with E-state index in [-0.39, 0.29) is 51.5 Å². The van der Waals surface area contributed by atoms with E-state index < -0.39 is 34.5 Å². The van der Waals surface area contributed by atoms with Crippen molar-refractivity contribution in [2.24, 2.45) is 0 Å². The van der Waals surface area contributed by atoms with Crippen LogP contribution in [-0.2, 0) is 0 Å². The molecule has 0 radical (unpaired) electrons. The minimum Gasteiger partial charge on any atom is -0.507 e. The van der Waals surface area contributed by atoms with Crippen molar-refractivity contribution in [3.05, 3.63) is 45.5 Å². The first-order valence-electron chi connectivity index (χ1n) is 13.2. The molecule has 4 aromatic rings. The first kappa shape index (κ1) is 31.0. The van der Waals surface area contributed by atoms with E-state index in [2.05, 4.69) is 0 Å². The van der Waals surface area contributed by atoms with Gasteiger partial charge in [0.2, 0.25) is 0 Å². The molecule has 0 heterocycles. The van der Waals surface area contributed by atoms with Gasteiger partial charge < -0.3 is 35.7 Å². The number of carbonyl (C=O) groups is 2. The molecule has 9 heteroatoms. The van der Waals surface area contributed by atoms with Crippen LogP contribution in [0.25, 0.3) is 32.7 Å². The molecule has 0 bridgehead atoms. The minimum atomic E-state index is -0.661. The first-order chi connectivity index (χ1) is 19.2. The number of aldehydes is 2. The second kappa shape index (κ2) is 11.5. The van der Waals surface area contributed by atoms with E-state index in [1.54, 1.807) is 60.6 Å². The number of aromatic hydroxyl groups is 6. The molecular weight excluding hydrogens is 528 g/mol. The average Bonchev–Trinajstić information content (AvgIpc) is 2.88. The molecular formula is C32H36O9. The summed E-state index contributed by atoms with van der Waals surface area (Å²) in [5.41, 5.74) is 1.33. The Labute approximate surface area is 237 Å². The van der Waals surface area contributed by atoms with Crippen molar-refractivity contribution < 1.29 is 45.3 Å². The molecule has 41 heavy (non-hydrogen) atoms. The maximum Gasteiger partial charge on any atom is 0.169 e. The Bertz CT molecular complexity index is 1570. The van der Waals surface area contributed by atoms with Crippen molar-refractivity contribution in [1.82, 2.24) is 0 Å². The lowest BCUT2D eigenvalue weighted by molar-refractivity contribution is 0.111. The fourth-order valence-corrected chi connectivity index (χ4v) is 5.60. The van der Waals surface area contributed by atoms with Crippen LogP contribution in [0.2, 0.25) is 0 Å². The van der Waals surface area contributed by atoms with Crippen molar-refractivity contribution in [3.8, 4) is 45.6 Å². The van der Waals surface area contributed by atoms with E-state index in [1.165, 1.54) is 0 Å². The Hall–Kier alpha value is -4.50. The predicted octanol–water partition coefficient (Wildman–Crippen LogP) is 6.38. The molecule has 0 aliphatic heterocycles. The van der Waals surface area contributed by atoms with E-state index >= 15 is 0 Å². The number of fused-ring (bicyclic) bond motifs is 2. The summed E-state index contributed by atoms with van der Waals surface area (Å²) in [4.78, 5) is 24.0. The molecule has 0 aromatic heterocycles. The standard InChI is InChI=1S/C30H30O8.C2H6O/c1-11(2)19-15-7-13(5)21(27(35)23(15)17(9-31)25(33)29(19)37)22-14(6)8-16-20(12(3)4)30(38)26(34)18(10-32)24(16)28(22)36;1-2-3/h7-12,33-38H,1-6H3;3H,2H2,1H3. The molecule has 9 nitrogen and oxygen atoms in total. The first-order valence-corrected chi connectivity index (χ1v) is 13.2. The van der Waals surface area contributed by atoms with E-state index in [1.807, 2.05) is 0 Å². The molecule has 0 aliphatic rings. The molecule has 0 atom stereocenters. The van der Waals surface area contributed by atoms with Crippen LogP contribution in [0, 0.1) is 13.8 Å². The van der Waals surface area contributed by atoms with Crippen LogP contribution in [0.1, 0.15) is 89.4 Å².